The van der Waals surface area contributed by atoms with E-state index in [9.17, 15) is 0 Å². The van der Waals surface area contributed by atoms with E-state index in [1.54, 1.807) is 0 Å². The average molecular weight is 422 g/mol. The van der Waals surface area contributed by atoms with Crippen LogP contribution in [0.15, 0.2) is 79.1 Å². The molecule has 1 aliphatic rings. The number of H-pyrrole nitrogens is 2. The van der Waals surface area contributed by atoms with Crippen molar-refractivity contribution in [1.82, 2.24) is 20.2 Å². The van der Waals surface area contributed by atoms with Crippen LogP contribution in [0.25, 0.3) is 21.9 Å². The van der Waals surface area contributed by atoms with Crippen molar-refractivity contribution in [3.8, 4) is 0 Å². The molecule has 3 heterocycles. The normalized spacial score (nSPS) is 23.3. The van der Waals surface area contributed by atoms with Crippen LogP contribution in [0.2, 0.25) is 0 Å². The number of pyridine rings is 1. The van der Waals surface area contributed by atoms with Crippen LogP contribution in [-0.2, 0) is 12.8 Å². The Balaban J connectivity index is 1.45. The quantitative estimate of drug-likeness (QED) is 0.368. The molecule has 0 saturated heterocycles. The first kappa shape index (κ1) is 19.3. The van der Waals surface area contributed by atoms with Gasteiger partial charge in [-0.3, -0.25) is 5.10 Å². The maximum Gasteiger partial charge on any atom is 0.138 e. The molecule has 2 aromatic carbocycles. The minimum atomic E-state index is -0.280. The first-order valence-corrected chi connectivity index (χ1v) is 11.4. The highest BCUT2D eigenvalue weighted by Gasteiger charge is 2.47. The number of nitrogens with zero attached hydrogens (tertiary/aromatic N) is 2. The van der Waals surface area contributed by atoms with Crippen LogP contribution in [0.1, 0.15) is 35.6 Å². The molecule has 160 valence electrons. The minimum Gasteiger partial charge on any atom is -0.346 e. The summed E-state index contributed by atoms with van der Waals surface area (Å²) in [6, 6.07) is 23.5. The Morgan fingerprint density at radius 2 is 1.72 bits per heavy atom. The van der Waals surface area contributed by atoms with E-state index in [4.69, 9.17) is 10.8 Å². The number of benzene rings is 2. The molecule has 0 spiro atoms. The molecular formula is C27H27N5. The van der Waals surface area contributed by atoms with Gasteiger partial charge in [0, 0.05) is 28.4 Å². The topological polar surface area (TPSA) is 83.4 Å². The molecule has 0 amide bonds. The van der Waals surface area contributed by atoms with E-state index >= 15 is 0 Å². The Kier molecular flexibility index (Phi) is 4.58. The summed E-state index contributed by atoms with van der Waals surface area (Å²) in [6.07, 6.45) is 7.68. The van der Waals surface area contributed by atoms with E-state index in [1.165, 1.54) is 16.5 Å². The zero-order valence-electron chi connectivity index (χ0n) is 18.0. The SMILES string of the molecule is NC1(Cc2ccccc2)CCC(c2n[nH]c3cnc4[nH]ccc4c23)C1Cc1ccccc1. The highest BCUT2D eigenvalue weighted by Crippen LogP contribution is 2.49. The van der Waals surface area contributed by atoms with Gasteiger partial charge in [-0.2, -0.15) is 5.10 Å². The number of nitrogens with one attached hydrogen (secondary N) is 2. The number of fused-ring (bicyclic) bond motifs is 3. The average Bonchev–Trinajstić information content (AvgIpc) is 3.53. The summed E-state index contributed by atoms with van der Waals surface area (Å²) >= 11 is 0. The lowest BCUT2D eigenvalue weighted by atomic mass is 9.75. The number of hydrogen-bond donors (Lipinski definition) is 3. The maximum atomic E-state index is 7.26. The van der Waals surface area contributed by atoms with Crippen LogP contribution < -0.4 is 5.73 Å². The van der Waals surface area contributed by atoms with Gasteiger partial charge in [0.15, 0.2) is 0 Å². The molecule has 3 atom stereocenters. The van der Waals surface area contributed by atoms with Crippen molar-refractivity contribution in [2.75, 3.05) is 0 Å². The molecule has 0 radical (unpaired) electrons. The molecule has 1 aliphatic carbocycles. The number of nitrogens with two attached hydrogens (primary N) is 1. The molecule has 1 fully saturated rings. The Hall–Kier alpha value is -3.44. The highest BCUT2D eigenvalue weighted by molar-refractivity contribution is 6.04. The molecule has 0 bridgehead atoms. The fraction of sp³-hybridized carbons (Fsp3) is 0.259. The molecule has 5 aromatic rings. The zero-order chi connectivity index (χ0) is 21.5. The number of hydrogen-bond acceptors (Lipinski definition) is 3. The largest absolute Gasteiger partial charge is 0.346 e. The van der Waals surface area contributed by atoms with Gasteiger partial charge >= 0.3 is 0 Å². The predicted molar refractivity (Wildman–Crippen MR) is 128 cm³/mol. The lowest BCUT2D eigenvalue weighted by molar-refractivity contribution is 0.293. The summed E-state index contributed by atoms with van der Waals surface area (Å²) in [5.74, 6) is 0.580. The van der Waals surface area contributed by atoms with Crippen LogP contribution in [0, 0.1) is 5.92 Å². The van der Waals surface area contributed by atoms with E-state index in [1.807, 2.05) is 12.4 Å². The third kappa shape index (κ3) is 3.21. The number of aromatic amines is 2. The summed E-state index contributed by atoms with van der Waals surface area (Å²) in [5, 5.41) is 10.4. The van der Waals surface area contributed by atoms with Crippen LogP contribution in [0.4, 0.5) is 0 Å². The Labute approximate surface area is 187 Å². The molecule has 0 aliphatic heterocycles. The van der Waals surface area contributed by atoms with E-state index in [0.717, 1.165) is 47.9 Å². The summed E-state index contributed by atoms with van der Waals surface area (Å²) < 4.78 is 0. The minimum absolute atomic E-state index is 0.280. The first-order chi connectivity index (χ1) is 15.7. The van der Waals surface area contributed by atoms with Crippen molar-refractivity contribution in [3.63, 3.8) is 0 Å². The Morgan fingerprint density at radius 1 is 0.969 bits per heavy atom. The van der Waals surface area contributed by atoms with Gasteiger partial charge in [-0.05, 0) is 48.8 Å². The molecule has 32 heavy (non-hydrogen) atoms. The van der Waals surface area contributed by atoms with Gasteiger partial charge < -0.3 is 10.7 Å². The molecule has 3 unspecified atom stereocenters. The van der Waals surface area contributed by atoms with Crippen molar-refractivity contribution in [2.24, 2.45) is 11.7 Å². The molecule has 6 rings (SSSR count). The first-order valence-electron chi connectivity index (χ1n) is 11.4. The van der Waals surface area contributed by atoms with Gasteiger partial charge in [0.2, 0.25) is 0 Å². The second kappa shape index (κ2) is 7.61. The molecule has 5 heteroatoms. The van der Waals surface area contributed by atoms with Crippen molar-refractivity contribution in [3.05, 3.63) is 95.9 Å². The third-order valence-corrected chi connectivity index (χ3v) is 7.31. The highest BCUT2D eigenvalue weighted by atomic mass is 15.1. The summed E-state index contributed by atoms with van der Waals surface area (Å²) in [4.78, 5) is 7.77. The van der Waals surface area contributed by atoms with Gasteiger partial charge in [0.05, 0.1) is 17.4 Å². The van der Waals surface area contributed by atoms with Crippen molar-refractivity contribution >= 4 is 21.9 Å². The summed E-state index contributed by atoms with van der Waals surface area (Å²) in [5.41, 5.74) is 12.6. The van der Waals surface area contributed by atoms with Crippen molar-refractivity contribution < 1.29 is 0 Å². The molecule has 5 nitrogen and oxygen atoms in total. The monoisotopic (exact) mass is 421 g/mol. The lowest BCUT2D eigenvalue weighted by Crippen LogP contribution is -2.47. The van der Waals surface area contributed by atoms with Gasteiger partial charge in [-0.25, -0.2) is 4.98 Å². The van der Waals surface area contributed by atoms with E-state index in [-0.39, 0.29) is 11.5 Å². The van der Waals surface area contributed by atoms with Crippen LogP contribution >= 0.6 is 0 Å². The Morgan fingerprint density at radius 3 is 2.50 bits per heavy atom. The van der Waals surface area contributed by atoms with Crippen LogP contribution in [0.5, 0.6) is 0 Å². The third-order valence-electron chi connectivity index (χ3n) is 7.31. The van der Waals surface area contributed by atoms with Crippen molar-refractivity contribution in [1.29, 1.82) is 0 Å². The fourth-order valence-corrected chi connectivity index (χ4v) is 5.76. The molecular weight excluding hydrogens is 394 g/mol. The van der Waals surface area contributed by atoms with E-state index < -0.39 is 0 Å². The predicted octanol–water partition coefficient (Wildman–Crippen LogP) is 5.12. The maximum absolute atomic E-state index is 7.26. The fourth-order valence-electron chi connectivity index (χ4n) is 5.76. The standard InChI is InChI=1S/C27H27N5/c28-27(16-19-9-5-2-6-10-19)13-11-20(22(27)15-18-7-3-1-4-8-18)25-24-21-12-14-29-26(21)30-17-23(24)31-32-25/h1-10,12,14,17,20,22H,11,13,15-16,28H2,(H,29,30)(H,31,32). The van der Waals surface area contributed by atoms with Gasteiger partial charge in [-0.1, -0.05) is 60.7 Å². The van der Waals surface area contributed by atoms with Gasteiger partial charge in [0.25, 0.3) is 0 Å². The van der Waals surface area contributed by atoms with E-state index in [2.05, 4.69) is 81.8 Å². The van der Waals surface area contributed by atoms with Crippen molar-refractivity contribution in [2.45, 2.75) is 37.1 Å². The van der Waals surface area contributed by atoms with Gasteiger partial charge in [0.1, 0.15) is 5.65 Å². The zero-order valence-corrected chi connectivity index (χ0v) is 18.0. The molecule has 4 N–H and O–H groups in total. The van der Waals surface area contributed by atoms with Crippen LogP contribution in [-0.4, -0.2) is 25.7 Å². The summed E-state index contributed by atoms with van der Waals surface area (Å²) in [6.45, 7) is 0. The molecule has 3 aromatic heterocycles. The number of rotatable bonds is 5. The smallest absolute Gasteiger partial charge is 0.138 e. The Bertz CT molecular complexity index is 1350. The second-order valence-electron chi connectivity index (χ2n) is 9.23. The van der Waals surface area contributed by atoms with E-state index in [0.29, 0.717) is 5.92 Å². The lowest BCUT2D eigenvalue weighted by Gasteiger charge is -2.34. The summed E-state index contributed by atoms with van der Waals surface area (Å²) in [7, 11) is 0. The molecule has 1 saturated carbocycles. The number of aromatic nitrogens is 4. The van der Waals surface area contributed by atoms with Crippen LogP contribution in [0.3, 0.4) is 0 Å². The second-order valence-corrected chi connectivity index (χ2v) is 9.23. The van der Waals surface area contributed by atoms with Gasteiger partial charge in [-0.15, -0.1) is 0 Å².